The number of rotatable bonds is 9. The molecule has 0 saturated heterocycles. The second-order valence-electron chi connectivity index (χ2n) is 9.00. The lowest BCUT2D eigenvalue weighted by Gasteiger charge is -2.41. The van der Waals surface area contributed by atoms with E-state index in [0.717, 1.165) is 28.5 Å². The first-order valence-electron chi connectivity index (χ1n) is 12.2. The maximum Gasteiger partial charge on any atom is 0.264 e. The molecule has 7 nitrogen and oxygen atoms in total. The maximum absolute atomic E-state index is 13.7. The Morgan fingerprint density at radius 3 is 2.41 bits per heavy atom. The Bertz CT molecular complexity index is 1360. The quantitative estimate of drug-likeness (QED) is 0.372. The van der Waals surface area contributed by atoms with Crippen LogP contribution < -0.4 is 19.1 Å². The second-order valence-corrected chi connectivity index (χ2v) is 11.3. The Hall–Kier alpha value is -3.23. The third-order valence-electron chi connectivity index (χ3n) is 6.86. The van der Waals surface area contributed by atoms with Crippen molar-refractivity contribution in [2.75, 3.05) is 18.0 Å². The molecule has 4 rings (SSSR count). The fourth-order valence-electron chi connectivity index (χ4n) is 4.65. The number of benzene rings is 3. The van der Waals surface area contributed by atoms with Crippen LogP contribution in [-0.4, -0.2) is 33.6 Å². The zero-order valence-corrected chi connectivity index (χ0v) is 22.7. The van der Waals surface area contributed by atoms with Crippen LogP contribution in [0, 0.1) is 0 Å². The van der Waals surface area contributed by atoms with Gasteiger partial charge in [0.1, 0.15) is 23.6 Å². The molecule has 0 bridgehead atoms. The average molecular weight is 543 g/mol. The van der Waals surface area contributed by atoms with Crippen molar-refractivity contribution in [1.82, 2.24) is 5.32 Å². The number of sulfonamides is 1. The molecule has 1 atom stereocenters. The molecule has 1 aliphatic heterocycles. The second kappa shape index (κ2) is 11.0. The first kappa shape index (κ1) is 26.8. The fraction of sp³-hybridized carbons (Fsp3) is 0.321. The summed E-state index contributed by atoms with van der Waals surface area (Å²) in [5.41, 5.74) is 0.720. The van der Waals surface area contributed by atoms with Crippen molar-refractivity contribution in [2.24, 2.45) is 0 Å². The molecule has 1 aliphatic rings. The van der Waals surface area contributed by atoms with Gasteiger partial charge in [-0.3, -0.25) is 9.10 Å². The summed E-state index contributed by atoms with van der Waals surface area (Å²) in [6.45, 7) is 3.71. The molecular formula is C28H31ClN2O5S. The van der Waals surface area contributed by atoms with Crippen molar-refractivity contribution in [3.63, 3.8) is 0 Å². The number of nitrogens with one attached hydrogen (secondary N) is 1. The van der Waals surface area contributed by atoms with E-state index in [9.17, 15) is 13.2 Å². The molecule has 9 heteroatoms. The highest BCUT2D eigenvalue weighted by Gasteiger charge is 2.39. The maximum atomic E-state index is 13.7. The number of hydrogen-bond acceptors (Lipinski definition) is 5. The minimum absolute atomic E-state index is 0.0714. The highest BCUT2D eigenvalue weighted by atomic mass is 35.5. The molecule has 0 spiro atoms. The Morgan fingerprint density at radius 2 is 1.76 bits per heavy atom. The topological polar surface area (TPSA) is 84.9 Å². The van der Waals surface area contributed by atoms with E-state index in [1.165, 1.54) is 25.3 Å². The van der Waals surface area contributed by atoms with Crippen molar-refractivity contribution in [1.29, 1.82) is 0 Å². The molecule has 0 unspecified atom stereocenters. The van der Waals surface area contributed by atoms with Crippen LogP contribution >= 0.6 is 11.6 Å². The molecule has 0 aliphatic carbocycles. The number of para-hydroxylation sites is 1. The van der Waals surface area contributed by atoms with E-state index in [4.69, 9.17) is 21.1 Å². The highest BCUT2D eigenvalue weighted by molar-refractivity contribution is 7.92. The molecule has 1 amide bonds. The van der Waals surface area contributed by atoms with Crippen molar-refractivity contribution < 1.29 is 22.7 Å². The SMILES string of the molecule is CCC1(CC)C[C@@H](NC(=O)CN(c2ccc(OC)c(Cl)c2)S(=O)(=O)c2ccccc2)c2ccccc2O1. The summed E-state index contributed by atoms with van der Waals surface area (Å²) in [6.07, 6.45) is 2.15. The summed E-state index contributed by atoms with van der Waals surface area (Å²) in [5.74, 6) is 0.703. The number of hydrogen-bond donors (Lipinski definition) is 1. The van der Waals surface area contributed by atoms with Crippen molar-refractivity contribution in [3.8, 4) is 11.5 Å². The number of ether oxygens (including phenoxy) is 2. The molecule has 0 fully saturated rings. The van der Waals surface area contributed by atoms with Crippen LogP contribution in [0.4, 0.5) is 5.69 Å². The van der Waals surface area contributed by atoms with Gasteiger partial charge in [0, 0.05) is 12.0 Å². The summed E-state index contributed by atoms with van der Waals surface area (Å²) in [6, 6.07) is 19.9. The van der Waals surface area contributed by atoms with Crippen LogP contribution in [0.2, 0.25) is 5.02 Å². The third kappa shape index (κ3) is 5.55. The molecule has 196 valence electrons. The Labute approximate surface area is 223 Å². The predicted octanol–water partition coefficient (Wildman–Crippen LogP) is 5.74. The van der Waals surface area contributed by atoms with Crippen molar-refractivity contribution in [2.45, 2.75) is 49.6 Å². The van der Waals surface area contributed by atoms with Gasteiger partial charge in [-0.05, 0) is 49.2 Å². The van der Waals surface area contributed by atoms with Crippen molar-refractivity contribution in [3.05, 3.63) is 83.4 Å². The standard InChI is InChI=1S/C28H31ClN2O5S/c1-4-28(5-2)18-24(22-13-9-10-14-25(22)36-28)30-27(32)19-31(20-15-16-26(35-3)23(29)17-20)37(33,34)21-11-7-6-8-12-21/h6-17,24H,4-5,18-19H2,1-3H3,(H,30,32)/t24-/m1/s1. The molecular weight excluding hydrogens is 512 g/mol. The van der Waals surface area contributed by atoms with Crippen LogP contribution in [0.1, 0.15) is 44.7 Å². The molecule has 1 N–H and O–H groups in total. The van der Waals surface area contributed by atoms with E-state index in [0.29, 0.717) is 12.2 Å². The normalized spacial score (nSPS) is 16.3. The molecule has 0 radical (unpaired) electrons. The number of fused-ring (bicyclic) bond motifs is 1. The minimum Gasteiger partial charge on any atom is -0.495 e. The molecule has 1 heterocycles. The summed E-state index contributed by atoms with van der Waals surface area (Å²) >= 11 is 6.32. The number of halogens is 1. The van der Waals surface area contributed by atoms with Crippen LogP contribution in [0.15, 0.2) is 77.7 Å². The average Bonchev–Trinajstić information content (AvgIpc) is 2.92. The fourth-order valence-corrected chi connectivity index (χ4v) is 6.33. The van der Waals surface area contributed by atoms with Gasteiger partial charge in [0.05, 0.1) is 28.8 Å². The monoisotopic (exact) mass is 542 g/mol. The van der Waals surface area contributed by atoms with Gasteiger partial charge in [0.15, 0.2) is 0 Å². The van der Waals surface area contributed by atoms with Crippen LogP contribution in [0.25, 0.3) is 0 Å². The van der Waals surface area contributed by atoms with Crippen LogP contribution in [0.3, 0.4) is 0 Å². The lowest BCUT2D eigenvalue weighted by Crippen LogP contribution is -2.47. The first-order valence-corrected chi connectivity index (χ1v) is 14.0. The molecule has 3 aromatic rings. The minimum atomic E-state index is -4.07. The Morgan fingerprint density at radius 1 is 1.08 bits per heavy atom. The lowest BCUT2D eigenvalue weighted by molar-refractivity contribution is -0.121. The summed E-state index contributed by atoms with van der Waals surface area (Å²) in [7, 11) is -2.59. The summed E-state index contributed by atoms with van der Waals surface area (Å²) in [5, 5.41) is 3.32. The number of methoxy groups -OCH3 is 1. The van der Waals surface area contributed by atoms with E-state index in [-0.39, 0.29) is 21.6 Å². The highest BCUT2D eigenvalue weighted by Crippen LogP contribution is 2.42. The Kier molecular flexibility index (Phi) is 7.99. The predicted molar refractivity (Wildman–Crippen MR) is 145 cm³/mol. The van der Waals surface area contributed by atoms with Gasteiger partial charge in [-0.25, -0.2) is 8.42 Å². The zero-order valence-electron chi connectivity index (χ0n) is 21.1. The van der Waals surface area contributed by atoms with Gasteiger partial charge in [-0.2, -0.15) is 0 Å². The van der Waals surface area contributed by atoms with Gasteiger partial charge >= 0.3 is 0 Å². The Balaban J connectivity index is 1.67. The van der Waals surface area contributed by atoms with E-state index < -0.39 is 28.1 Å². The zero-order chi connectivity index (χ0) is 26.6. The number of nitrogens with zero attached hydrogens (tertiary/aromatic N) is 1. The van der Waals surface area contributed by atoms with Gasteiger partial charge in [0.2, 0.25) is 5.91 Å². The van der Waals surface area contributed by atoms with Gasteiger partial charge in [-0.15, -0.1) is 0 Å². The molecule has 0 aromatic heterocycles. The number of anilines is 1. The van der Waals surface area contributed by atoms with E-state index >= 15 is 0 Å². The van der Waals surface area contributed by atoms with E-state index in [2.05, 4.69) is 19.2 Å². The summed E-state index contributed by atoms with van der Waals surface area (Å²) < 4.78 is 40.0. The van der Waals surface area contributed by atoms with E-state index in [1.54, 1.807) is 30.3 Å². The summed E-state index contributed by atoms with van der Waals surface area (Å²) in [4.78, 5) is 13.5. The molecule has 0 saturated carbocycles. The molecule has 3 aromatic carbocycles. The number of amides is 1. The van der Waals surface area contributed by atoms with Gasteiger partial charge in [-0.1, -0.05) is 61.8 Å². The molecule has 37 heavy (non-hydrogen) atoms. The number of carbonyl (C=O) groups is 1. The van der Waals surface area contributed by atoms with Crippen molar-refractivity contribution >= 4 is 33.2 Å². The smallest absolute Gasteiger partial charge is 0.264 e. The van der Waals surface area contributed by atoms with Gasteiger partial charge < -0.3 is 14.8 Å². The van der Waals surface area contributed by atoms with Gasteiger partial charge in [0.25, 0.3) is 10.0 Å². The number of carbonyl (C=O) groups excluding carboxylic acids is 1. The first-order chi connectivity index (χ1) is 17.7. The van der Waals surface area contributed by atoms with E-state index in [1.807, 2.05) is 24.3 Å². The third-order valence-corrected chi connectivity index (χ3v) is 8.95. The lowest BCUT2D eigenvalue weighted by atomic mass is 9.83. The largest absolute Gasteiger partial charge is 0.495 e. The van der Waals surface area contributed by atoms with Crippen LogP contribution in [0.5, 0.6) is 11.5 Å². The van der Waals surface area contributed by atoms with Crippen LogP contribution in [-0.2, 0) is 14.8 Å².